The van der Waals surface area contributed by atoms with Crippen LogP contribution in [0.1, 0.15) is 17.5 Å². The topological polar surface area (TPSA) is 95.8 Å². The highest BCUT2D eigenvalue weighted by molar-refractivity contribution is 6.30. The Morgan fingerprint density at radius 2 is 1.77 bits per heavy atom. The first-order valence-corrected chi connectivity index (χ1v) is 10.5. The van der Waals surface area contributed by atoms with E-state index in [0.717, 1.165) is 18.7 Å². The van der Waals surface area contributed by atoms with Gasteiger partial charge in [0.2, 0.25) is 11.8 Å². The van der Waals surface area contributed by atoms with E-state index in [0.29, 0.717) is 48.7 Å². The highest BCUT2D eigenvalue weighted by atomic mass is 35.5. The third kappa shape index (κ3) is 6.50. The molecule has 31 heavy (non-hydrogen) atoms. The van der Waals surface area contributed by atoms with Gasteiger partial charge < -0.3 is 10.2 Å². The van der Waals surface area contributed by atoms with Gasteiger partial charge in [-0.2, -0.15) is 0 Å². The Hall–Kier alpha value is -2.97. The average molecular weight is 445 g/mol. The van der Waals surface area contributed by atoms with Crippen molar-refractivity contribution in [3.05, 3.63) is 68.7 Å². The van der Waals surface area contributed by atoms with Gasteiger partial charge in [-0.05, 0) is 36.2 Å². The number of benzene rings is 2. The van der Waals surface area contributed by atoms with Crippen LogP contribution in [0.15, 0.2) is 42.5 Å². The monoisotopic (exact) mass is 444 g/mol. The second-order valence-corrected chi connectivity index (χ2v) is 8.02. The van der Waals surface area contributed by atoms with Gasteiger partial charge in [0.25, 0.3) is 5.69 Å². The number of nitro groups is 1. The molecule has 8 nitrogen and oxygen atoms in total. The predicted octanol–water partition coefficient (Wildman–Crippen LogP) is 3.27. The van der Waals surface area contributed by atoms with Gasteiger partial charge in [0.15, 0.2) is 0 Å². The lowest BCUT2D eigenvalue weighted by Crippen LogP contribution is -2.49. The molecule has 0 radical (unpaired) electrons. The van der Waals surface area contributed by atoms with Crippen molar-refractivity contribution in [2.24, 2.45) is 0 Å². The van der Waals surface area contributed by atoms with Crippen LogP contribution in [0.5, 0.6) is 0 Å². The minimum absolute atomic E-state index is 0.000945. The molecule has 2 aromatic carbocycles. The summed E-state index contributed by atoms with van der Waals surface area (Å²) in [5.41, 5.74) is 2.16. The second-order valence-electron chi connectivity index (χ2n) is 7.58. The number of piperazine rings is 1. The molecule has 0 aliphatic carbocycles. The zero-order valence-electron chi connectivity index (χ0n) is 17.3. The molecule has 9 heteroatoms. The summed E-state index contributed by atoms with van der Waals surface area (Å²) in [5.74, 6) is -0.0495. The number of nitrogens with one attached hydrogen (secondary N) is 1. The Labute approximate surface area is 185 Å². The van der Waals surface area contributed by atoms with Gasteiger partial charge in [0.1, 0.15) is 0 Å². The molecular formula is C22H25ClN4O4. The first-order chi connectivity index (χ1) is 14.8. The molecule has 1 fully saturated rings. The number of anilines is 1. The van der Waals surface area contributed by atoms with Crippen LogP contribution in [-0.2, 0) is 16.0 Å². The number of amides is 2. The number of halogens is 1. The van der Waals surface area contributed by atoms with Gasteiger partial charge in [-0.3, -0.25) is 24.6 Å². The van der Waals surface area contributed by atoms with Crippen LogP contribution in [0, 0.1) is 17.0 Å². The van der Waals surface area contributed by atoms with E-state index in [4.69, 9.17) is 11.6 Å². The predicted molar refractivity (Wildman–Crippen MR) is 119 cm³/mol. The summed E-state index contributed by atoms with van der Waals surface area (Å²) in [4.78, 5) is 39.1. The van der Waals surface area contributed by atoms with Gasteiger partial charge in [-0.25, -0.2) is 0 Å². The summed E-state index contributed by atoms with van der Waals surface area (Å²) in [7, 11) is 0. The SMILES string of the molecule is Cc1cc([N+](=O)[O-])ccc1NC(=O)CCN1CCN(C(=O)Cc2ccc(Cl)cc2)CC1. The van der Waals surface area contributed by atoms with Crippen LogP contribution in [0.4, 0.5) is 11.4 Å². The summed E-state index contributed by atoms with van der Waals surface area (Å²) in [6, 6.07) is 11.7. The molecule has 0 bridgehead atoms. The maximum Gasteiger partial charge on any atom is 0.269 e. The lowest BCUT2D eigenvalue weighted by molar-refractivity contribution is -0.384. The zero-order valence-corrected chi connectivity index (χ0v) is 18.1. The molecule has 1 aliphatic rings. The molecule has 1 N–H and O–H groups in total. The Kier molecular flexibility index (Phi) is 7.59. The van der Waals surface area contributed by atoms with E-state index in [9.17, 15) is 19.7 Å². The zero-order chi connectivity index (χ0) is 22.4. The van der Waals surface area contributed by atoms with Crippen molar-refractivity contribution in [1.29, 1.82) is 0 Å². The van der Waals surface area contributed by atoms with Crippen LogP contribution in [0.2, 0.25) is 5.02 Å². The van der Waals surface area contributed by atoms with Crippen molar-refractivity contribution in [3.63, 3.8) is 0 Å². The molecule has 1 aliphatic heterocycles. The van der Waals surface area contributed by atoms with Crippen molar-refractivity contribution in [3.8, 4) is 0 Å². The normalized spacial score (nSPS) is 14.3. The fourth-order valence-electron chi connectivity index (χ4n) is 3.48. The molecule has 0 atom stereocenters. The molecule has 2 amide bonds. The maximum atomic E-state index is 12.5. The number of hydrogen-bond donors (Lipinski definition) is 1. The van der Waals surface area contributed by atoms with Gasteiger partial charge in [0, 0.05) is 62.0 Å². The lowest BCUT2D eigenvalue weighted by Gasteiger charge is -2.34. The van der Waals surface area contributed by atoms with Gasteiger partial charge >= 0.3 is 0 Å². The first kappa shape index (κ1) is 22.7. The Bertz CT molecular complexity index is 956. The molecule has 164 valence electrons. The highest BCUT2D eigenvalue weighted by Gasteiger charge is 2.21. The van der Waals surface area contributed by atoms with Crippen LogP contribution in [-0.4, -0.2) is 59.3 Å². The summed E-state index contributed by atoms with van der Waals surface area (Å²) in [5, 5.41) is 14.3. The Balaban J connectivity index is 1.40. The summed E-state index contributed by atoms with van der Waals surface area (Å²) >= 11 is 5.88. The maximum absolute atomic E-state index is 12.5. The molecule has 3 rings (SSSR count). The van der Waals surface area contributed by atoms with Crippen LogP contribution in [0.3, 0.4) is 0 Å². The quantitative estimate of drug-likeness (QED) is 0.522. The van der Waals surface area contributed by atoms with Gasteiger partial charge in [0.05, 0.1) is 11.3 Å². The van der Waals surface area contributed by atoms with E-state index in [1.54, 1.807) is 25.1 Å². The summed E-state index contributed by atoms with van der Waals surface area (Å²) < 4.78 is 0. The minimum atomic E-state index is -0.460. The van der Waals surface area contributed by atoms with Crippen LogP contribution >= 0.6 is 11.6 Å². The first-order valence-electron chi connectivity index (χ1n) is 10.1. The second kappa shape index (κ2) is 10.4. The fourth-order valence-corrected chi connectivity index (χ4v) is 3.61. The Morgan fingerprint density at radius 1 is 1.10 bits per heavy atom. The fraction of sp³-hybridized carbons (Fsp3) is 0.364. The van der Waals surface area contributed by atoms with Crippen molar-refractivity contribution in [2.45, 2.75) is 19.8 Å². The van der Waals surface area contributed by atoms with Crippen molar-refractivity contribution in [2.75, 3.05) is 38.0 Å². The molecule has 1 saturated heterocycles. The number of rotatable bonds is 7. The van der Waals surface area contributed by atoms with Crippen molar-refractivity contribution >= 4 is 34.8 Å². The molecule has 0 unspecified atom stereocenters. The molecule has 0 spiro atoms. The number of nitrogens with zero attached hydrogens (tertiary/aromatic N) is 3. The van der Waals surface area contributed by atoms with E-state index in [1.807, 2.05) is 17.0 Å². The smallest absolute Gasteiger partial charge is 0.269 e. The van der Waals surface area contributed by atoms with E-state index in [2.05, 4.69) is 10.2 Å². The van der Waals surface area contributed by atoms with Crippen molar-refractivity contribution < 1.29 is 14.5 Å². The molecule has 0 aromatic heterocycles. The standard InChI is InChI=1S/C22H25ClN4O4/c1-16-14-19(27(30)31)6-7-20(16)24-21(28)8-9-25-10-12-26(13-11-25)22(29)15-17-2-4-18(23)5-3-17/h2-7,14H,8-13,15H2,1H3,(H,24,28). The van der Waals surface area contributed by atoms with E-state index < -0.39 is 4.92 Å². The Morgan fingerprint density at radius 3 is 2.39 bits per heavy atom. The summed E-state index contributed by atoms with van der Waals surface area (Å²) in [6.07, 6.45) is 0.670. The average Bonchev–Trinajstić information content (AvgIpc) is 2.75. The highest BCUT2D eigenvalue weighted by Crippen LogP contribution is 2.21. The van der Waals surface area contributed by atoms with Crippen molar-refractivity contribution in [1.82, 2.24) is 9.80 Å². The summed E-state index contributed by atoms with van der Waals surface area (Å²) in [6.45, 7) is 5.03. The van der Waals surface area contributed by atoms with Crippen LogP contribution in [0.25, 0.3) is 0 Å². The number of non-ortho nitro benzene ring substituents is 1. The van der Waals surface area contributed by atoms with Crippen LogP contribution < -0.4 is 5.32 Å². The van der Waals surface area contributed by atoms with E-state index in [1.165, 1.54) is 12.1 Å². The van der Waals surface area contributed by atoms with E-state index >= 15 is 0 Å². The molecule has 0 saturated carbocycles. The molecule has 2 aromatic rings. The number of carbonyl (C=O) groups excluding carboxylic acids is 2. The number of hydrogen-bond acceptors (Lipinski definition) is 5. The molecular weight excluding hydrogens is 420 g/mol. The largest absolute Gasteiger partial charge is 0.340 e. The lowest BCUT2D eigenvalue weighted by atomic mass is 10.1. The number of aryl methyl sites for hydroxylation is 1. The van der Waals surface area contributed by atoms with Gasteiger partial charge in [-0.15, -0.1) is 0 Å². The molecule has 1 heterocycles. The third-order valence-corrected chi connectivity index (χ3v) is 5.60. The van der Waals surface area contributed by atoms with E-state index in [-0.39, 0.29) is 17.5 Å². The number of carbonyl (C=O) groups is 2. The number of nitro benzene ring substituents is 1. The third-order valence-electron chi connectivity index (χ3n) is 5.34. The minimum Gasteiger partial charge on any atom is -0.340 e. The van der Waals surface area contributed by atoms with Gasteiger partial charge in [-0.1, -0.05) is 23.7 Å².